The predicted octanol–water partition coefficient (Wildman–Crippen LogP) is 3.06. The minimum Gasteiger partial charge on any atom is -0.476 e. The topological polar surface area (TPSA) is 72.6 Å². The summed E-state index contributed by atoms with van der Waals surface area (Å²) in [4.78, 5) is 10.6. The van der Waals surface area contributed by atoms with Crippen LogP contribution in [0, 0.1) is 0 Å². The molecule has 0 bridgehead atoms. The van der Waals surface area contributed by atoms with E-state index in [2.05, 4.69) is 9.89 Å². The van der Waals surface area contributed by atoms with Crippen LogP contribution in [0.2, 0.25) is 0 Å². The second kappa shape index (κ2) is 5.86. The smallest absolute Gasteiger partial charge is 0.476 e. The number of carbonyl (C=O) groups is 1. The number of halogens is 3. The summed E-state index contributed by atoms with van der Waals surface area (Å²) >= 11 is 0. The van der Waals surface area contributed by atoms with Crippen molar-refractivity contribution < 1.29 is 32.3 Å². The molecule has 1 N–H and O–H groups in total. The summed E-state index contributed by atoms with van der Waals surface area (Å²) in [5.41, 5.74) is 0.393. The molecule has 0 radical (unpaired) electrons. The van der Waals surface area contributed by atoms with E-state index < -0.39 is 12.3 Å². The molecule has 8 heteroatoms. The Balaban J connectivity index is 1.99. The number of aryl methyl sites for hydroxylation is 2. The Labute approximate surface area is 116 Å². The van der Waals surface area contributed by atoms with Crippen LogP contribution in [0.25, 0.3) is 0 Å². The van der Waals surface area contributed by atoms with Crippen LogP contribution in [-0.2, 0) is 12.8 Å². The third-order valence-electron chi connectivity index (χ3n) is 2.57. The van der Waals surface area contributed by atoms with Gasteiger partial charge < -0.3 is 14.4 Å². The molecule has 1 heterocycles. The monoisotopic (exact) mass is 301 g/mol. The van der Waals surface area contributed by atoms with Gasteiger partial charge in [0, 0.05) is 12.5 Å². The Bertz CT molecular complexity index is 636. The molecule has 0 spiro atoms. The number of aromatic nitrogens is 1. The molecule has 0 aliphatic heterocycles. The fourth-order valence-corrected chi connectivity index (χ4v) is 1.70. The number of hydrogen-bond donors (Lipinski definition) is 1. The van der Waals surface area contributed by atoms with Gasteiger partial charge in [0.25, 0.3) is 0 Å². The maximum atomic E-state index is 12.1. The highest BCUT2D eigenvalue weighted by molar-refractivity contribution is 5.85. The molecule has 0 amide bonds. The van der Waals surface area contributed by atoms with Gasteiger partial charge in [-0.2, -0.15) is 0 Å². The Morgan fingerprint density at radius 1 is 1.29 bits per heavy atom. The molecule has 5 nitrogen and oxygen atoms in total. The van der Waals surface area contributed by atoms with Crippen molar-refractivity contribution in [1.82, 2.24) is 5.16 Å². The van der Waals surface area contributed by atoms with Crippen molar-refractivity contribution in [1.29, 1.82) is 0 Å². The second-order valence-electron chi connectivity index (χ2n) is 4.18. The summed E-state index contributed by atoms with van der Waals surface area (Å²) in [6, 6.07) is 6.82. The zero-order valence-corrected chi connectivity index (χ0v) is 10.6. The summed E-state index contributed by atoms with van der Waals surface area (Å²) in [7, 11) is 0. The molecule has 0 aliphatic carbocycles. The van der Waals surface area contributed by atoms with Gasteiger partial charge in [0.2, 0.25) is 0 Å². The van der Waals surface area contributed by atoms with E-state index >= 15 is 0 Å². The number of rotatable bonds is 5. The molecule has 112 valence electrons. The maximum Gasteiger partial charge on any atom is 0.573 e. The van der Waals surface area contributed by atoms with Gasteiger partial charge in [-0.15, -0.1) is 13.2 Å². The summed E-state index contributed by atoms with van der Waals surface area (Å²) in [5, 5.41) is 12.0. The molecule has 0 saturated heterocycles. The van der Waals surface area contributed by atoms with Gasteiger partial charge in [0.15, 0.2) is 5.69 Å². The number of alkyl halides is 3. The van der Waals surface area contributed by atoms with Crippen molar-refractivity contribution in [3.8, 4) is 5.75 Å². The predicted molar refractivity (Wildman–Crippen MR) is 64.0 cm³/mol. The molecule has 1 aromatic carbocycles. The molecular weight excluding hydrogens is 291 g/mol. The maximum absolute atomic E-state index is 12.1. The van der Waals surface area contributed by atoms with E-state index in [4.69, 9.17) is 9.63 Å². The van der Waals surface area contributed by atoms with Gasteiger partial charge >= 0.3 is 12.3 Å². The lowest BCUT2D eigenvalue weighted by molar-refractivity contribution is -0.274. The quantitative estimate of drug-likeness (QED) is 0.919. The van der Waals surface area contributed by atoms with Crippen molar-refractivity contribution in [2.45, 2.75) is 19.2 Å². The summed E-state index contributed by atoms with van der Waals surface area (Å²) in [5.74, 6) is -1.16. The first-order valence-electron chi connectivity index (χ1n) is 5.87. The fraction of sp³-hybridized carbons (Fsp3) is 0.231. The standard InChI is InChI=1S/C13H10F3NO4/c14-13(15,16)20-9-3-1-2-8(6-9)4-5-10-7-11(12(18)19)17-21-10/h1-3,6-7H,4-5H2,(H,18,19). The Morgan fingerprint density at radius 2 is 2.05 bits per heavy atom. The van der Waals surface area contributed by atoms with E-state index in [1.165, 1.54) is 24.3 Å². The molecule has 0 aliphatic rings. The summed E-state index contributed by atoms with van der Waals surface area (Å²) in [6.45, 7) is 0. The number of benzene rings is 1. The third-order valence-corrected chi connectivity index (χ3v) is 2.57. The minimum atomic E-state index is -4.74. The zero-order valence-electron chi connectivity index (χ0n) is 10.6. The average molecular weight is 301 g/mol. The van der Waals surface area contributed by atoms with Crippen LogP contribution < -0.4 is 4.74 Å². The lowest BCUT2D eigenvalue weighted by atomic mass is 10.1. The zero-order chi connectivity index (χ0) is 15.5. The first-order chi connectivity index (χ1) is 9.83. The number of nitrogens with zero attached hydrogens (tertiary/aromatic N) is 1. The van der Waals surface area contributed by atoms with E-state index in [0.29, 0.717) is 24.2 Å². The average Bonchev–Trinajstić information content (AvgIpc) is 2.83. The van der Waals surface area contributed by atoms with Crippen LogP contribution in [0.5, 0.6) is 5.75 Å². The molecule has 2 aromatic rings. The fourth-order valence-electron chi connectivity index (χ4n) is 1.70. The molecule has 2 rings (SSSR count). The van der Waals surface area contributed by atoms with Crippen LogP contribution in [0.15, 0.2) is 34.9 Å². The molecule has 0 unspecified atom stereocenters. The molecule has 1 aromatic heterocycles. The number of aromatic carboxylic acids is 1. The number of ether oxygens (including phenoxy) is 1. The first kappa shape index (κ1) is 14.9. The van der Waals surface area contributed by atoms with Crippen LogP contribution in [0.3, 0.4) is 0 Å². The molecule has 21 heavy (non-hydrogen) atoms. The van der Waals surface area contributed by atoms with Gasteiger partial charge in [0.05, 0.1) is 0 Å². The van der Waals surface area contributed by atoms with Crippen molar-refractivity contribution in [2.24, 2.45) is 0 Å². The summed E-state index contributed by atoms with van der Waals surface area (Å²) < 4.78 is 44.9. The highest BCUT2D eigenvalue weighted by atomic mass is 19.4. The number of carboxylic acids is 1. The molecule has 0 atom stereocenters. The lowest BCUT2D eigenvalue weighted by Crippen LogP contribution is -2.17. The van der Waals surface area contributed by atoms with Crippen LogP contribution in [0.1, 0.15) is 21.8 Å². The molecule has 0 fully saturated rings. The SMILES string of the molecule is O=C(O)c1cc(CCc2cccc(OC(F)(F)F)c2)on1. The number of carboxylic acid groups (broad SMARTS) is 1. The summed E-state index contributed by atoms with van der Waals surface area (Å²) in [6.07, 6.45) is -4.06. The largest absolute Gasteiger partial charge is 0.573 e. The van der Waals surface area contributed by atoms with E-state index in [1.807, 2.05) is 0 Å². The van der Waals surface area contributed by atoms with Gasteiger partial charge in [0.1, 0.15) is 11.5 Å². The van der Waals surface area contributed by atoms with Crippen molar-refractivity contribution >= 4 is 5.97 Å². The van der Waals surface area contributed by atoms with E-state index in [0.717, 1.165) is 0 Å². The van der Waals surface area contributed by atoms with Gasteiger partial charge in [-0.3, -0.25) is 0 Å². The van der Waals surface area contributed by atoms with Crippen molar-refractivity contribution in [3.05, 3.63) is 47.3 Å². The van der Waals surface area contributed by atoms with Crippen LogP contribution >= 0.6 is 0 Å². The van der Waals surface area contributed by atoms with Gasteiger partial charge in [-0.1, -0.05) is 17.3 Å². The van der Waals surface area contributed by atoms with Crippen LogP contribution in [0.4, 0.5) is 13.2 Å². The highest BCUT2D eigenvalue weighted by Crippen LogP contribution is 2.23. The Kier molecular flexibility index (Phi) is 4.15. The van der Waals surface area contributed by atoms with Crippen molar-refractivity contribution in [3.63, 3.8) is 0 Å². The van der Waals surface area contributed by atoms with Gasteiger partial charge in [-0.25, -0.2) is 4.79 Å². The first-order valence-corrected chi connectivity index (χ1v) is 5.87. The normalized spacial score (nSPS) is 11.4. The van der Waals surface area contributed by atoms with E-state index in [1.54, 1.807) is 6.07 Å². The second-order valence-corrected chi connectivity index (χ2v) is 4.18. The minimum absolute atomic E-state index is 0.209. The van der Waals surface area contributed by atoms with E-state index in [-0.39, 0.29) is 11.4 Å². The Morgan fingerprint density at radius 3 is 2.67 bits per heavy atom. The third kappa shape index (κ3) is 4.51. The Hall–Kier alpha value is -2.51. The highest BCUT2D eigenvalue weighted by Gasteiger charge is 2.31. The lowest BCUT2D eigenvalue weighted by Gasteiger charge is -2.09. The van der Waals surface area contributed by atoms with E-state index in [9.17, 15) is 18.0 Å². The molecular formula is C13H10F3NO4. The van der Waals surface area contributed by atoms with Crippen molar-refractivity contribution in [2.75, 3.05) is 0 Å². The van der Waals surface area contributed by atoms with Gasteiger partial charge in [-0.05, 0) is 24.1 Å². The number of hydrogen-bond acceptors (Lipinski definition) is 4. The van der Waals surface area contributed by atoms with Crippen LogP contribution in [-0.4, -0.2) is 22.6 Å². The molecule has 0 saturated carbocycles.